The zero-order chi connectivity index (χ0) is 22.7. The van der Waals surface area contributed by atoms with Crippen molar-refractivity contribution < 1.29 is 18.7 Å². The topological polar surface area (TPSA) is 53.1 Å². The van der Waals surface area contributed by atoms with Crippen LogP contribution in [0.25, 0.3) is 10.1 Å². The summed E-state index contributed by atoms with van der Waals surface area (Å²) in [6.07, 6.45) is 0. The number of fused-ring (bicyclic) bond motifs is 1. The number of para-hydroxylation sites is 1. The van der Waals surface area contributed by atoms with Crippen molar-refractivity contribution in [3.05, 3.63) is 64.8 Å². The molecule has 2 heterocycles. The van der Waals surface area contributed by atoms with Gasteiger partial charge < -0.3 is 19.4 Å². The quantitative estimate of drug-likeness (QED) is 0.571. The molecule has 0 saturated carbocycles. The molecular formula is C24H26FN3O3S. The number of carbonyl (C=O) groups is 2. The zero-order valence-electron chi connectivity index (χ0n) is 18.2. The van der Waals surface area contributed by atoms with Crippen molar-refractivity contribution in [1.29, 1.82) is 0 Å². The molecule has 3 aromatic rings. The Hall–Kier alpha value is -2.97. The number of halogens is 1. The van der Waals surface area contributed by atoms with E-state index in [0.29, 0.717) is 54.3 Å². The predicted molar refractivity (Wildman–Crippen MR) is 124 cm³/mol. The Morgan fingerprint density at radius 1 is 1.00 bits per heavy atom. The molecule has 168 valence electrons. The lowest BCUT2D eigenvalue weighted by molar-refractivity contribution is -0.133. The summed E-state index contributed by atoms with van der Waals surface area (Å²) in [7, 11) is 3.72. The average molecular weight is 456 g/mol. The van der Waals surface area contributed by atoms with Crippen LogP contribution >= 0.6 is 11.3 Å². The summed E-state index contributed by atoms with van der Waals surface area (Å²) in [6.45, 7) is 2.35. The molecular weight excluding hydrogens is 429 g/mol. The number of hydrogen-bond acceptors (Lipinski definition) is 5. The van der Waals surface area contributed by atoms with E-state index in [4.69, 9.17) is 4.74 Å². The number of amides is 2. The number of ether oxygens (including phenoxy) is 1. The number of nitrogens with zero attached hydrogens (tertiary/aromatic N) is 3. The molecule has 1 fully saturated rings. The number of piperazine rings is 1. The van der Waals surface area contributed by atoms with Crippen molar-refractivity contribution in [3.63, 3.8) is 0 Å². The normalized spacial score (nSPS) is 14.2. The van der Waals surface area contributed by atoms with E-state index in [1.165, 1.54) is 17.4 Å². The van der Waals surface area contributed by atoms with Crippen molar-refractivity contribution in [2.24, 2.45) is 0 Å². The molecule has 0 radical (unpaired) electrons. The van der Waals surface area contributed by atoms with Gasteiger partial charge in [0.1, 0.15) is 18.2 Å². The SMILES string of the molecule is CN(C)CC(=O)N1CCN(C(=O)c2sc3cccc(F)c3c2COc2ccccc2)CC1. The Morgan fingerprint density at radius 3 is 2.38 bits per heavy atom. The summed E-state index contributed by atoms with van der Waals surface area (Å²) in [5, 5.41) is 0.441. The van der Waals surface area contributed by atoms with Crippen LogP contribution in [0.1, 0.15) is 15.2 Å². The van der Waals surface area contributed by atoms with Gasteiger partial charge in [0.05, 0.1) is 11.4 Å². The van der Waals surface area contributed by atoms with Gasteiger partial charge in [-0.3, -0.25) is 9.59 Å². The van der Waals surface area contributed by atoms with Crippen LogP contribution < -0.4 is 4.74 Å². The number of hydrogen-bond donors (Lipinski definition) is 0. The van der Waals surface area contributed by atoms with Crippen molar-refractivity contribution in [2.45, 2.75) is 6.61 Å². The van der Waals surface area contributed by atoms with E-state index in [-0.39, 0.29) is 24.2 Å². The second-order valence-electron chi connectivity index (χ2n) is 8.04. The molecule has 6 nitrogen and oxygen atoms in total. The van der Waals surface area contributed by atoms with Crippen LogP contribution in [-0.2, 0) is 11.4 Å². The van der Waals surface area contributed by atoms with Gasteiger partial charge in [0.15, 0.2) is 0 Å². The van der Waals surface area contributed by atoms with Gasteiger partial charge in [-0.15, -0.1) is 11.3 Å². The Balaban J connectivity index is 1.55. The molecule has 0 aliphatic carbocycles. The minimum absolute atomic E-state index is 0.0583. The lowest BCUT2D eigenvalue weighted by Gasteiger charge is -2.35. The molecule has 2 aromatic carbocycles. The van der Waals surface area contributed by atoms with E-state index >= 15 is 0 Å². The standard InChI is InChI=1S/C24H26FN3O3S/c1-26(2)15-21(29)27-11-13-28(14-12-27)24(30)23-18(16-31-17-7-4-3-5-8-17)22-19(25)9-6-10-20(22)32-23/h3-10H,11-16H2,1-2H3. The average Bonchev–Trinajstić information content (AvgIpc) is 3.17. The van der Waals surface area contributed by atoms with Crippen molar-refractivity contribution in [3.8, 4) is 5.75 Å². The smallest absolute Gasteiger partial charge is 0.264 e. The van der Waals surface area contributed by atoms with E-state index in [9.17, 15) is 14.0 Å². The van der Waals surface area contributed by atoms with E-state index in [1.807, 2.05) is 55.4 Å². The first kappa shape index (κ1) is 22.2. The fourth-order valence-corrected chi connectivity index (χ4v) is 5.01. The molecule has 2 amide bonds. The molecule has 0 unspecified atom stereocenters. The van der Waals surface area contributed by atoms with Crippen molar-refractivity contribution in [1.82, 2.24) is 14.7 Å². The largest absolute Gasteiger partial charge is 0.489 e. The first-order valence-corrected chi connectivity index (χ1v) is 11.3. The highest BCUT2D eigenvalue weighted by molar-refractivity contribution is 7.21. The molecule has 1 aliphatic heterocycles. The maximum absolute atomic E-state index is 14.7. The van der Waals surface area contributed by atoms with Crippen LogP contribution in [0.4, 0.5) is 4.39 Å². The minimum Gasteiger partial charge on any atom is -0.489 e. The fraction of sp³-hybridized carbons (Fsp3) is 0.333. The summed E-state index contributed by atoms with van der Waals surface area (Å²) < 4.78 is 21.3. The summed E-state index contributed by atoms with van der Waals surface area (Å²) in [6, 6.07) is 14.2. The third-order valence-electron chi connectivity index (χ3n) is 5.45. The third kappa shape index (κ3) is 4.76. The maximum Gasteiger partial charge on any atom is 0.264 e. The van der Waals surface area contributed by atoms with Crippen LogP contribution in [0.15, 0.2) is 48.5 Å². The fourth-order valence-electron chi connectivity index (χ4n) is 3.82. The van der Waals surface area contributed by atoms with E-state index in [0.717, 1.165) is 4.70 Å². The Bertz CT molecular complexity index is 1110. The van der Waals surface area contributed by atoms with Gasteiger partial charge in [-0.1, -0.05) is 24.3 Å². The van der Waals surface area contributed by atoms with Crippen LogP contribution in [0.5, 0.6) is 5.75 Å². The lowest BCUT2D eigenvalue weighted by atomic mass is 10.1. The first-order chi connectivity index (χ1) is 15.4. The summed E-state index contributed by atoms with van der Waals surface area (Å²) in [5.74, 6) is 0.220. The van der Waals surface area contributed by atoms with E-state index in [2.05, 4.69) is 0 Å². The first-order valence-electron chi connectivity index (χ1n) is 10.5. The molecule has 0 bridgehead atoms. The Kier molecular flexibility index (Phi) is 6.72. The monoisotopic (exact) mass is 455 g/mol. The molecule has 32 heavy (non-hydrogen) atoms. The van der Waals surface area contributed by atoms with Gasteiger partial charge in [-0.2, -0.15) is 0 Å². The summed E-state index contributed by atoms with van der Waals surface area (Å²) >= 11 is 1.29. The highest BCUT2D eigenvalue weighted by Gasteiger charge is 2.29. The molecule has 1 saturated heterocycles. The van der Waals surface area contributed by atoms with Gasteiger partial charge in [-0.05, 0) is 38.4 Å². The van der Waals surface area contributed by atoms with Gasteiger partial charge in [0.2, 0.25) is 5.91 Å². The molecule has 1 aromatic heterocycles. The van der Waals surface area contributed by atoms with Crippen LogP contribution in [0.2, 0.25) is 0 Å². The van der Waals surface area contributed by atoms with Gasteiger partial charge in [0, 0.05) is 41.8 Å². The number of carbonyl (C=O) groups excluding carboxylic acids is 2. The van der Waals surface area contributed by atoms with Crippen molar-refractivity contribution >= 4 is 33.2 Å². The Morgan fingerprint density at radius 2 is 1.69 bits per heavy atom. The Labute approximate surface area is 190 Å². The second kappa shape index (κ2) is 9.67. The highest BCUT2D eigenvalue weighted by atomic mass is 32.1. The van der Waals surface area contributed by atoms with E-state index < -0.39 is 0 Å². The van der Waals surface area contributed by atoms with Gasteiger partial charge in [0.25, 0.3) is 5.91 Å². The van der Waals surface area contributed by atoms with Crippen molar-refractivity contribution in [2.75, 3.05) is 46.8 Å². The number of thiophene rings is 1. The minimum atomic E-state index is -0.358. The molecule has 1 aliphatic rings. The van der Waals surface area contributed by atoms with E-state index in [1.54, 1.807) is 15.9 Å². The summed E-state index contributed by atoms with van der Waals surface area (Å²) in [5.41, 5.74) is 0.572. The molecule has 4 rings (SSSR count). The maximum atomic E-state index is 14.7. The second-order valence-corrected chi connectivity index (χ2v) is 9.09. The van der Waals surface area contributed by atoms with Gasteiger partial charge in [-0.25, -0.2) is 4.39 Å². The van der Waals surface area contributed by atoms with Crippen LogP contribution in [-0.4, -0.2) is 73.3 Å². The number of likely N-dealkylation sites (N-methyl/N-ethyl adjacent to an activating group) is 1. The summed E-state index contributed by atoms with van der Waals surface area (Å²) in [4.78, 5) is 31.6. The van der Waals surface area contributed by atoms with Crippen LogP contribution in [0, 0.1) is 5.82 Å². The van der Waals surface area contributed by atoms with Gasteiger partial charge >= 0.3 is 0 Å². The lowest BCUT2D eigenvalue weighted by Crippen LogP contribution is -2.52. The van der Waals surface area contributed by atoms with Crippen LogP contribution in [0.3, 0.4) is 0 Å². The molecule has 0 atom stereocenters. The molecule has 0 spiro atoms. The predicted octanol–water partition coefficient (Wildman–Crippen LogP) is 3.47. The zero-order valence-corrected chi connectivity index (χ0v) is 19.0. The highest BCUT2D eigenvalue weighted by Crippen LogP contribution is 2.35. The third-order valence-corrected chi connectivity index (χ3v) is 6.64. The molecule has 0 N–H and O–H groups in total. The molecule has 8 heteroatoms. The number of benzene rings is 2. The number of rotatable bonds is 6.